The number of hydrogen-bond donors (Lipinski definition) is 1. The maximum absolute atomic E-state index is 13.2. The van der Waals surface area contributed by atoms with E-state index >= 15 is 0 Å². The van der Waals surface area contributed by atoms with E-state index in [1.54, 1.807) is 13.8 Å². The summed E-state index contributed by atoms with van der Waals surface area (Å²) in [5, 5.41) is 9.08. The van der Waals surface area contributed by atoms with Crippen molar-refractivity contribution in [2.75, 3.05) is 18.0 Å². The van der Waals surface area contributed by atoms with Gasteiger partial charge in [-0.25, -0.2) is 4.39 Å². The minimum absolute atomic E-state index is 0.238. The average Bonchev–Trinajstić information content (AvgIpc) is 2.68. The number of aliphatic carboxylic acids is 1. The Kier molecular flexibility index (Phi) is 3.28. The lowest BCUT2D eigenvalue weighted by atomic mass is 9.89. The first-order valence-electron chi connectivity index (χ1n) is 6.17. The first kappa shape index (κ1) is 12.9. The van der Waals surface area contributed by atoms with Crippen LogP contribution < -0.4 is 4.90 Å². The fourth-order valence-electron chi connectivity index (χ4n) is 2.17. The van der Waals surface area contributed by atoms with E-state index in [-0.39, 0.29) is 5.82 Å². The van der Waals surface area contributed by atoms with E-state index in [9.17, 15) is 9.18 Å². The molecular weight excluding hydrogens is 233 g/mol. The first-order chi connectivity index (χ1) is 8.40. The van der Waals surface area contributed by atoms with Crippen LogP contribution in [0, 0.1) is 11.2 Å². The van der Waals surface area contributed by atoms with Gasteiger partial charge in [-0.1, -0.05) is 6.07 Å². The van der Waals surface area contributed by atoms with Gasteiger partial charge in [-0.05, 0) is 44.4 Å². The van der Waals surface area contributed by atoms with Gasteiger partial charge in [-0.15, -0.1) is 0 Å². The Hall–Kier alpha value is -1.58. The van der Waals surface area contributed by atoms with E-state index in [0.29, 0.717) is 13.0 Å². The molecule has 0 fully saturated rings. The molecule has 1 N–H and O–H groups in total. The Morgan fingerprint density at radius 2 is 2.22 bits per heavy atom. The largest absolute Gasteiger partial charge is 0.481 e. The second-order valence-corrected chi connectivity index (χ2v) is 5.45. The fraction of sp³-hybridized carbons (Fsp3) is 0.500. The van der Waals surface area contributed by atoms with Crippen molar-refractivity contribution >= 4 is 11.7 Å². The van der Waals surface area contributed by atoms with Crippen LogP contribution in [-0.2, 0) is 11.2 Å². The van der Waals surface area contributed by atoms with Crippen molar-refractivity contribution in [1.82, 2.24) is 0 Å². The Balaban J connectivity index is 2.06. The Morgan fingerprint density at radius 3 is 2.89 bits per heavy atom. The molecule has 0 radical (unpaired) electrons. The Labute approximate surface area is 106 Å². The summed E-state index contributed by atoms with van der Waals surface area (Å²) in [6, 6.07) is 4.83. The maximum Gasteiger partial charge on any atom is 0.309 e. The lowest BCUT2D eigenvalue weighted by Crippen LogP contribution is -2.31. The SMILES string of the molecule is CC(C)(CCN1CCc2ccc(F)cc21)C(=O)O. The molecule has 1 aliphatic heterocycles. The number of anilines is 1. The molecule has 4 heteroatoms. The third-order valence-corrected chi connectivity index (χ3v) is 3.62. The van der Waals surface area contributed by atoms with Crippen LogP contribution in [0.3, 0.4) is 0 Å². The van der Waals surface area contributed by atoms with Crippen molar-refractivity contribution in [3.63, 3.8) is 0 Å². The van der Waals surface area contributed by atoms with Gasteiger partial charge in [0, 0.05) is 18.8 Å². The predicted octanol–water partition coefficient (Wildman–Crippen LogP) is 2.69. The van der Waals surface area contributed by atoms with Crippen LogP contribution in [0.1, 0.15) is 25.8 Å². The lowest BCUT2D eigenvalue weighted by Gasteiger charge is -2.25. The number of rotatable bonds is 4. The van der Waals surface area contributed by atoms with Gasteiger partial charge in [-0.2, -0.15) is 0 Å². The monoisotopic (exact) mass is 251 g/mol. The lowest BCUT2D eigenvalue weighted by molar-refractivity contribution is -0.147. The van der Waals surface area contributed by atoms with Crippen molar-refractivity contribution in [2.45, 2.75) is 26.7 Å². The molecule has 1 heterocycles. The molecule has 98 valence electrons. The van der Waals surface area contributed by atoms with Gasteiger partial charge >= 0.3 is 5.97 Å². The minimum Gasteiger partial charge on any atom is -0.481 e. The van der Waals surface area contributed by atoms with Gasteiger partial charge in [0.05, 0.1) is 5.41 Å². The molecule has 3 nitrogen and oxygen atoms in total. The van der Waals surface area contributed by atoms with Crippen LogP contribution in [0.15, 0.2) is 18.2 Å². The Bertz CT molecular complexity index is 471. The second-order valence-electron chi connectivity index (χ2n) is 5.45. The highest BCUT2D eigenvalue weighted by molar-refractivity contribution is 5.73. The number of nitrogens with zero attached hydrogens (tertiary/aromatic N) is 1. The number of benzene rings is 1. The van der Waals surface area contributed by atoms with Crippen LogP contribution in [0.25, 0.3) is 0 Å². The zero-order valence-corrected chi connectivity index (χ0v) is 10.7. The van der Waals surface area contributed by atoms with Gasteiger partial charge in [0.25, 0.3) is 0 Å². The molecule has 0 aromatic heterocycles. The summed E-state index contributed by atoms with van der Waals surface area (Å²) in [6.07, 6.45) is 1.46. The molecule has 0 spiro atoms. The third-order valence-electron chi connectivity index (χ3n) is 3.62. The molecule has 0 atom stereocenters. The third kappa shape index (κ3) is 2.47. The molecule has 1 aliphatic rings. The quantitative estimate of drug-likeness (QED) is 0.894. The van der Waals surface area contributed by atoms with Crippen molar-refractivity contribution in [1.29, 1.82) is 0 Å². The molecule has 0 unspecified atom stereocenters. The summed E-state index contributed by atoms with van der Waals surface area (Å²) in [6.45, 7) is 4.93. The summed E-state index contributed by atoms with van der Waals surface area (Å²) in [4.78, 5) is 13.1. The zero-order chi connectivity index (χ0) is 13.3. The topological polar surface area (TPSA) is 40.5 Å². The molecule has 0 saturated carbocycles. The molecule has 0 saturated heterocycles. The van der Waals surface area contributed by atoms with E-state index in [1.165, 1.54) is 12.1 Å². The highest BCUT2D eigenvalue weighted by Gasteiger charge is 2.29. The minimum atomic E-state index is -0.791. The summed E-state index contributed by atoms with van der Waals surface area (Å²) < 4.78 is 13.2. The van der Waals surface area contributed by atoms with E-state index in [4.69, 9.17) is 5.11 Å². The molecular formula is C14H18FNO2. The Morgan fingerprint density at radius 1 is 1.50 bits per heavy atom. The van der Waals surface area contributed by atoms with E-state index in [2.05, 4.69) is 4.90 Å². The van der Waals surface area contributed by atoms with Crippen molar-refractivity contribution in [3.8, 4) is 0 Å². The fourth-order valence-corrected chi connectivity index (χ4v) is 2.17. The second kappa shape index (κ2) is 4.59. The molecule has 0 bridgehead atoms. The highest BCUT2D eigenvalue weighted by atomic mass is 19.1. The van der Waals surface area contributed by atoms with Gasteiger partial charge in [0.15, 0.2) is 0 Å². The number of halogens is 1. The van der Waals surface area contributed by atoms with Crippen molar-refractivity contribution in [2.24, 2.45) is 5.41 Å². The first-order valence-corrected chi connectivity index (χ1v) is 6.17. The van der Waals surface area contributed by atoms with Crippen LogP contribution in [0.4, 0.5) is 10.1 Å². The summed E-state index contributed by atoms with van der Waals surface area (Å²) in [5.74, 6) is -1.03. The molecule has 18 heavy (non-hydrogen) atoms. The van der Waals surface area contributed by atoms with Gasteiger partial charge in [-0.3, -0.25) is 4.79 Å². The standard InChI is InChI=1S/C14H18FNO2/c1-14(2,13(17)18)6-8-16-7-5-10-3-4-11(15)9-12(10)16/h3-4,9H,5-8H2,1-2H3,(H,17,18). The van der Waals surface area contributed by atoms with Gasteiger partial charge < -0.3 is 10.0 Å². The van der Waals surface area contributed by atoms with Crippen molar-refractivity contribution in [3.05, 3.63) is 29.6 Å². The van der Waals surface area contributed by atoms with Crippen LogP contribution in [-0.4, -0.2) is 24.2 Å². The number of carboxylic acids is 1. The zero-order valence-electron chi connectivity index (χ0n) is 10.7. The van der Waals surface area contributed by atoms with Crippen LogP contribution in [0.5, 0.6) is 0 Å². The van der Waals surface area contributed by atoms with E-state index in [0.717, 1.165) is 24.2 Å². The maximum atomic E-state index is 13.2. The van der Waals surface area contributed by atoms with Gasteiger partial charge in [0.2, 0.25) is 0 Å². The highest BCUT2D eigenvalue weighted by Crippen LogP contribution is 2.30. The van der Waals surface area contributed by atoms with Crippen LogP contribution in [0.2, 0.25) is 0 Å². The molecule has 1 aromatic rings. The molecule has 0 aliphatic carbocycles. The number of carbonyl (C=O) groups is 1. The number of carboxylic acid groups (broad SMARTS) is 1. The summed E-state index contributed by atoms with van der Waals surface area (Å²) in [5.41, 5.74) is 1.32. The van der Waals surface area contributed by atoms with Crippen molar-refractivity contribution < 1.29 is 14.3 Å². The summed E-state index contributed by atoms with van der Waals surface area (Å²) >= 11 is 0. The van der Waals surface area contributed by atoms with Crippen LogP contribution >= 0.6 is 0 Å². The molecule has 1 aromatic carbocycles. The van der Waals surface area contributed by atoms with E-state index < -0.39 is 11.4 Å². The summed E-state index contributed by atoms with van der Waals surface area (Å²) in [7, 11) is 0. The predicted molar refractivity (Wildman–Crippen MR) is 68.4 cm³/mol. The number of fused-ring (bicyclic) bond motifs is 1. The van der Waals surface area contributed by atoms with Gasteiger partial charge in [0.1, 0.15) is 5.82 Å². The van der Waals surface area contributed by atoms with E-state index in [1.807, 2.05) is 6.07 Å². The average molecular weight is 251 g/mol. The normalized spacial score (nSPS) is 14.7. The molecule has 2 rings (SSSR count). The smallest absolute Gasteiger partial charge is 0.309 e. The number of hydrogen-bond acceptors (Lipinski definition) is 2. The molecule has 0 amide bonds.